The number of hydrogen-bond acceptors (Lipinski definition) is 4. The molecule has 2 heterocycles. The van der Waals surface area contributed by atoms with Crippen molar-refractivity contribution in [2.45, 2.75) is 45.6 Å². The SMILES string of the molecule is Cc1cc(N/C=C2\C(=O)Nc3cccc(F)c32)ccc1NCCCN1CCCCC1C. The van der Waals surface area contributed by atoms with Gasteiger partial charge in [-0.05, 0) is 75.5 Å². The van der Waals surface area contributed by atoms with Crippen LogP contribution in [0.1, 0.15) is 43.7 Å². The summed E-state index contributed by atoms with van der Waals surface area (Å²) in [6.45, 7) is 7.70. The number of carbonyl (C=O) groups excluding carboxylic acids is 1. The van der Waals surface area contributed by atoms with Crippen molar-refractivity contribution in [1.29, 1.82) is 0 Å². The molecule has 31 heavy (non-hydrogen) atoms. The number of nitrogens with one attached hydrogen (secondary N) is 3. The van der Waals surface area contributed by atoms with Crippen molar-refractivity contribution in [3.05, 3.63) is 59.5 Å². The molecular weight excluding hydrogens is 391 g/mol. The highest BCUT2D eigenvalue weighted by Gasteiger charge is 2.27. The average Bonchev–Trinajstić information content (AvgIpc) is 3.08. The fraction of sp³-hybridized carbons (Fsp3) is 0.400. The van der Waals surface area contributed by atoms with Crippen LogP contribution in [0.4, 0.5) is 21.5 Å². The van der Waals surface area contributed by atoms with Gasteiger partial charge in [-0.1, -0.05) is 12.5 Å². The van der Waals surface area contributed by atoms with Crippen molar-refractivity contribution in [1.82, 2.24) is 4.90 Å². The number of rotatable bonds is 7. The van der Waals surface area contributed by atoms with E-state index in [0.717, 1.165) is 36.4 Å². The smallest absolute Gasteiger partial charge is 0.257 e. The lowest BCUT2D eigenvalue weighted by atomic mass is 10.0. The van der Waals surface area contributed by atoms with E-state index in [9.17, 15) is 9.18 Å². The Morgan fingerprint density at radius 1 is 1.26 bits per heavy atom. The van der Waals surface area contributed by atoms with Crippen LogP contribution < -0.4 is 16.0 Å². The molecule has 1 atom stereocenters. The summed E-state index contributed by atoms with van der Waals surface area (Å²) in [6.07, 6.45) is 6.69. The molecule has 164 valence electrons. The summed E-state index contributed by atoms with van der Waals surface area (Å²) in [6, 6.07) is 11.4. The molecule has 0 radical (unpaired) electrons. The van der Waals surface area contributed by atoms with Gasteiger partial charge in [-0.15, -0.1) is 0 Å². The van der Waals surface area contributed by atoms with Crippen LogP contribution in [0.3, 0.4) is 0 Å². The van der Waals surface area contributed by atoms with Crippen molar-refractivity contribution in [3.8, 4) is 0 Å². The number of benzene rings is 2. The van der Waals surface area contributed by atoms with E-state index in [2.05, 4.69) is 34.7 Å². The van der Waals surface area contributed by atoms with Gasteiger partial charge >= 0.3 is 0 Å². The van der Waals surface area contributed by atoms with Crippen LogP contribution >= 0.6 is 0 Å². The lowest BCUT2D eigenvalue weighted by Crippen LogP contribution is -2.38. The third-order valence-electron chi connectivity index (χ3n) is 6.26. The maximum Gasteiger partial charge on any atom is 0.257 e. The third-order valence-corrected chi connectivity index (χ3v) is 6.26. The average molecular weight is 423 g/mol. The Bertz CT molecular complexity index is 987. The molecule has 0 saturated carbocycles. The minimum atomic E-state index is -0.404. The van der Waals surface area contributed by atoms with Gasteiger partial charge in [-0.3, -0.25) is 4.79 Å². The van der Waals surface area contributed by atoms with E-state index in [4.69, 9.17) is 0 Å². The fourth-order valence-corrected chi connectivity index (χ4v) is 4.45. The van der Waals surface area contributed by atoms with Gasteiger partial charge in [0.05, 0.1) is 11.3 Å². The molecule has 3 N–H and O–H groups in total. The molecule has 2 aromatic rings. The Hall–Kier alpha value is -2.86. The van der Waals surface area contributed by atoms with E-state index in [1.807, 2.05) is 18.2 Å². The third kappa shape index (κ3) is 4.90. The molecule has 2 aromatic carbocycles. The van der Waals surface area contributed by atoms with Gasteiger partial charge in [0.2, 0.25) is 0 Å². The van der Waals surface area contributed by atoms with Crippen LogP contribution in [-0.2, 0) is 4.79 Å². The Labute approximate surface area is 183 Å². The second-order valence-electron chi connectivity index (χ2n) is 8.51. The Morgan fingerprint density at radius 2 is 2.13 bits per heavy atom. The van der Waals surface area contributed by atoms with Crippen molar-refractivity contribution >= 4 is 28.5 Å². The van der Waals surface area contributed by atoms with Crippen LogP contribution in [0.2, 0.25) is 0 Å². The van der Waals surface area contributed by atoms with Crippen LogP contribution in [0.5, 0.6) is 0 Å². The fourth-order valence-electron chi connectivity index (χ4n) is 4.45. The molecule has 0 aromatic heterocycles. The molecule has 2 aliphatic rings. The number of carbonyl (C=O) groups is 1. The molecule has 1 amide bonds. The van der Waals surface area contributed by atoms with Gasteiger partial charge in [-0.2, -0.15) is 0 Å². The van der Waals surface area contributed by atoms with Gasteiger partial charge < -0.3 is 20.9 Å². The van der Waals surface area contributed by atoms with Crippen molar-refractivity contribution < 1.29 is 9.18 Å². The molecule has 1 unspecified atom stereocenters. The summed E-state index contributed by atoms with van der Waals surface area (Å²) >= 11 is 0. The quantitative estimate of drug-likeness (QED) is 0.423. The number of piperidine rings is 1. The molecule has 2 aliphatic heterocycles. The zero-order chi connectivity index (χ0) is 21.8. The van der Waals surface area contributed by atoms with Gasteiger partial charge in [-0.25, -0.2) is 4.39 Å². The van der Waals surface area contributed by atoms with Gasteiger partial charge in [0.25, 0.3) is 5.91 Å². The van der Waals surface area contributed by atoms with E-state index in [-0.39, 0.29) is 5.91 Å². The number of likely N-dealkylation sites (tertiary alicyclic amines) is 1. The van der Waals surface area contributed by atoms with E-state index in [1.165, 1.54) is 31.9 Å². The second kappa shape index (κ2) is 9.52. The number of hydrogen-bond donors (Lipinski definition) is 3. The highest BCUT2D eigenvalue weighted by molar-refractivity contribution is 6.31. The highest BCUT2D eigenvalue weighted by atomic mass is 19.1. The molecule has 0 aliphatic carbocycles. The van der Waals surface area contributed by atoms with Gasteiger partial charge in [0.15, 0.2) is 0 Å². The van der Waals surface area contributed by atoms with Crippen molar-refractivity contribution in [3.63, 3.8) is 0 Å². The van der Waals surface area contributed by atoms with Crippen LogP contribution in [0, 0.1) is 12.7 Å². The maximum absolute atomic E-state index is 14.2. The molecule has 6 heteroatoms. The Kier molecular flexibility index (Phi) is 6.56. The largest absolute Gasteiger partial charge is 0.385 e. The second-order valence-corrected chi connectivity index (χ2v) is 8.51. The molecule has 4 rings (SSSR count). The summed E-state index contributed by atoms with van der Waals surface area (Å²) < 4.78 is 14.2. The number of halogens is 1. The number of amides is 1. The molecule has 0 spiro atoms. The topological polar surface area (TPSA) is 56.4 Å². The Morgan fingerprint density at radius 3 is 2.94 bits per heavy atom. The predicted molar refractivity (Wildman–Crippen MR) is 126 cm³/mol. The summed E-state index contributed by atoms with van der Waals surface area (Å²) in [5.74, 6) is -0.704. The monoisotopic (exact) mass is 422 g/mol. The highest BCUT2D eigenvalue weighted by Crippen LogP contribution is 2.33. The number of aryl methyl sites for hydroxylation is 1. The number of nitrogens with zero attached hydrogens (tertiary/aromatic N) is 1. The Balaban J connectivity index is 1.33. The molecule has 5 nitrogen and oxygen atoms in total. The summed E-state index contributed by atoms with van der Waals surface area (Å²) in [5.41, 5.74) is 4.22. The normalized spacial score (nSPS) is 19.9. The molecule has 1 fully saturated rings. The first-order chi connectivity index (χ1) is 15.0. The summed E-state index contributed by atoms with van der Waals surface area (Å²) in [4.78, 5) is 14.8. The predicted octanol–water partition coefficient (Wildman–Crippen LogP) is 5.22. The van der Waals surface area contributed by atoms with Crippen molar-refractivity contribution in [2.75, 3.05) is 35.6 Å². The zero-order valence-corrected chi connectivity index (χ0v) is 18.3. The number of anilines is 3. The minimum Gasteiger partial charge on any atom is -0.385 e. The first kappa shape index (κ1) is 21.4. The molecule has 0 bridgehead atoms. The lowest BCUT2D eigenvalue weighted by molar-refractivity contribution is -0.110. The van der Waals surface area contributed by atoms with Crippen LogP contribution in [0.25, 0.3) is 5.57 Å². The van der Waals surface area contributed by atoms with E-state index in [1.54, 1.807) is 18.3 Å². The number of fused-ring (bicyclic) bond motifs is 1. The lowest BCUT2D eigenvalue weighted by Gasteiger charge is -2.33. The summed E-state index contributed by atoms with van der Waals surface area (Å²) in [7, 11) is 0. The molecule has 1 saturated heterocycles. The van der Waals surface area contributed by atoms with E-state index >= 15 is 0 Å². The maximum atomic E-state index is 14.2. The van der Waals surface area contributed by atoms with Crippen LogP contribution in [0.15, 0.2) is 42.6 Å². The van der Waals surface area contributed by atoms with Gasteiger partial charge in [0, 0.05) is 42.3 Å². The van der Waals surface area contributed by atoms with E-state index < -0.39 is 5.82 Å². The zero-order valence-electron chi connectivity index (χ0n) is 18.3. The first-order valence-corrected chi connectivity index (χ1v) is 11.2. The standard InChI is InChI=1S/C25H31FN4O/c1-17-15-19(28-16-20-24-21(26)8-5-9-23(24)29-25(20)31)10-11-22(17)27-12-6-14-30-13-4-3-7-18(30)2/h5,8-11,15-16,18,27-28H,3-4,6-7,12-14H2,1-2H3,(H,29,31)/b20-16-. The minimum absolute atomic E-state index is 0.300. The summed E-state index contributed by atoms with van der Waals surface area (Å²) in [5, 5.41) is 9.38. The first-order valence-electron chi connectivity index (χ1n) is 11.2. The van der Waals surface area contributed by atoms with Crippen LogP contribution in [-0.4, -0.2) is 36.5 Å². The van der Waals surface area contributed by atoms with Gasteiger partial charge in [0.1, 0.15) is 5.82 Å². The van der Waals surface area contributed by atoms with E-state index in [0.29, 0.717) is 22.9 Å². The van der Waals surface area contributed by atoms with Crippen molar-refractivity contribution in [2.24, 2.45) is 0 Å². The molecular formula is C25H31FN4O.